The van der Waals surface area contributed by atoms with Crippen molar-refractivity contribution in [3.8, 4) is 11.5 Å². The van der Waals surface area contributed by atoms with Gasteiger partial charge >= 0.3 is 11.9 Å². The van der Waals surface area contributed by atoms with Crippen molar-refractivity contribution in [1.29, 1.82) is 0 Å². The first kappa shape index (κ1) is 27.9. The first-order valence-electron chi connectivity index (χ1n) is 11.7. The van der Waals surface area contributed by atoms with Gasteiger partial charge in [0.15, 0.2) is 23.3 Å². The van der Waals surface area contributed by atoms with Gasteiger partial charge in [-0.25, -0.2) is 14.6 Å². The van der Waals surface area contributed by atoms with Crippen molar-refractivity contribution in [2.24, 2.45) is 4.99 Å². The smallest absolute Gasteiger partial charge is 0.341 e. The molecule has 1 heterocycles. The van der Waals surface area contributed by atoms with E-state index in [1.165, 1.54) is 23.9 Å². The number of carbonyl (C=O) groups is 3. The summed E-state index contributed by atoms with van der Waals surface area (Å²) in [5.41, 5.74) is 2.22. The number of halogens is 1. The number of carboxylic acids is 2. The molecule has 3 aromatic carbocycles. The second-order valence-electron chi connectivity index (χ2n) is 8.18. The number of aromatic carboxylic acids is 1. The number of hydrogen-bond donors (Lipinski definition) is 2. The molecule has 9 nitrogen and oxygen atoms in total. The van der Waals surface area contributed by atoms with Crippen molar-refractivity contribution in [2.45, 2.75) is 13.5 Å². The summed E-state index contributed by atoms with van der Waals surface area (Å²) in [7, 11) is 0. The summed E-state index contributed by atoms with van der Waals surface area (Å²) in [6.45, 7) is 1.79. The van der Waals surface area contributed by atoms with Crippen LogP contribution in [0.1, 0.15) is 28.4 Å². The van der Waals surface area contributed by atoms with Crippen molar-refractivity contribution >= 4 is 62.5 Å². The minimum Gasteiger partial charge on any atom is -0.490 e. The van der Waals surface area contributed by atoms with Crippen molar-refractivity contribution in [3.05, 3.63) is 92.8 Å². The number of para-hydroxylation sites is 1. The third-order valence-corrected chi connectivity index (χ3v) is 6.98. The van der Waals surface area contributed by atoms with E-state index in [-0.39, 0.29) is 23.8 Å². The number of nitrogens with zero attached hydrogens (tertiary/aromatic N) is 2. The van der Waals surface area contributed by atoms with Gasteiger partial charge in [-0.3, -0.25) is 9.69 Å². The molecular formula is C28H23BrN2O7S. The van der Waals surface area contributed by atoms with Gasteiger partial charge in [0.1, 0.15) is 0 Å². The van der Waals surface area contributed by atoms with Gasteiger partial charge in [0.05, 0.1) is 33.8 Å². The lowest BCUT2D eigenvalue weighted by Crippen LogP contribution is -2.28. The van der Waals surface area contributed by atoms with E-state index in [1.807, 2.05) is 30.3 Å². The number of ether oxygens (including phenoxy) is 2. The fourth-order valence-corrected chi connectivity index (χ4v) is 5.21. The highest BCUT2D eigenvalue weighted by atomic mass is 79.9. The fraction of sp³-hybridized carbons (Fsp3) is 0.143. The van der Waals surface area contributed by atoms with Crippen LogP contribution in [-0.4, -0.2) is 51.3 Å². The molecule has 1 saturated heterocycles. The molecule has 11 heteroatoms. The van der Waals surface area contributed by atoms with Crippen LogP contribution in [-0.2, 0) is 16.1 Å². The summed E-state index contributed by atoms with van der Waals surface area (Å²) in [5, 5.41) is 18.6. The normalized spacial score (nSPS) is 15.1. The molecule has 0 saturated carbocycles. The monoisotopic (exact) mass is 610 g/mol. The lowest BCUT2D eigenvalue weighted by molar-refractivity contribution is -0.139. The molecule has 39 heavy (non-hydrogen) atoms. The number of amidine groups is 1. The van der Waals surface area contributed by atoms with Crippen LogP contribution in [0.4, 0.5) is 5.69 Å². The summed E-state index contributed by atoms with van der Waals surface area (Å²) < 4.78 is 11.5. The Morgan fingerprint density at radius 1 is 1.05 bits per heavy atom. The van der Waals surface area contributed by atoms with E-state index >= 15 is 0 Å². The minimum atomic E-state index is -1.12. The minimum absolute atomic E-state index is 0.158. The number of aliphatic imine (C=N–C) groups is 1. The molecule has 2 N–H and O–H groups in total. The van der Waals surface area contributed by atoms with Crippen LogP contribution in [0.25, 0.3) is 6.08 Å². The molecule has 4 rings (SSSR count). The lowest BCUT2D eigenvalue weighted by Gasteiger charge is -2.16. The highest BCUT2D eigenvalue weighted by Crippen LogP contribution is 2.40. The third kappa shape index (κ3) is 7.06. The zero-order chi connectivity index (χ0) is 27.9. The Balaban J connectivity index is 1.69. The van der Waals surface area contributed by atoms with Gasteiger partial charge in [-0.05, 0) is 88.2 Å². The van der Waals surface area contributed by atoms with Crippen LogP contribution in [0.2, 0.25) is 0 Å². The molecule has 0 spiro atoms. The number of benzene rings is 3. The molecular weight excluding hydrogens is 588 g/mol. The number of thioether (sulfide) groups is 1. The predicted molar refractivity (Wildman–Crippen MR) is 151 cm³/mol. The average molecular weight is 611 g/mol. The van der Waals surface area contributed by atoms with Crippen LogP contribution in [0.5, 0.6) is 11.5 Å². The molecule has 0 radical (unpaired) electrons. The SMILES string of the molecule is CCOc1cc(/C=C2\SC(=Nc3ccccc3)N(Cc3ccc(C(=O)O)cc3)C2=O)cc(Br)c1OCC(=O)O. The van der Waals surface area contributed by atoms with Gasteiger partial charge in [-0.2, -0.15) is 0 Å². The molecule has 1 aliphatic heterocycles. The number of aliphatic carboxylic acids is 1. The molecule has 0 aromatic heterocycles. The summed E-state index contributed by atoms with van der Waals surface area (Å²) >= 11 is 4.63. The number of hydrogen-bond acceptors (Lipinski definition) is 7. The zero-order valence-corrected chi connectivity index (χ0v) is 23.1. The number of amides is 1. The maximum absolute atomic E-state index is 13.6. The fourth-order valence-electron chi connectivity index (χ4n) is 3.64. The van der Waals surface area contributed by atoms with Crippen molar-refractivity contribution in [2.75, 3.05) is 13.2 Å². The number of carboxylic acid groups (broad SMARTS) is 2. The summed E-state index contributed by atoms with van der Waals surface area (Å²) in [5.74, 6) is -1.82. The van der Waals surface area contributed by atoms with Gasteiger partial charge in [-0.15, -0.1) is 0 Å². The molecule has 200 valence electrons. The summed E-state index contributed by atoms with van der Waals surface area (Å²) in [4.78, 5) is 42.4. The highest BCUT2D eigenvalue weighted by molar-refractivity contribution is 9.10. The Hall–Kier alpha value is -4.09. The van der Waals surface area contributed by atoms with Crippen LogP contribution < -0.4 is 9.47 Å². The molecule has 1 fully saturated rings. The van der Waals surface area contributed by atoms with Crippen LogP contribution in [0.15, 0.2) is 81.1 Å². The van der Waals surface area contributed by atoms with Gasteiger partial charge < -0.3 is 19.7 Å². The summed E-state index contributed by atoms with van der Waals surface area (Å²) in [6.07, 6.45) is 1.70. The first-order chi connectivity index (χ1) is 18.7. The maximum Gasteiger partial charge on any atom is 0.341 e. The Labute approximate surface area is 236 Å². The first-order valence-corrected chi connectivity index (χ1v) is 13.3. The van der Waals surface area contributed by atoms with Crippen LogP contribution >= 0.6 is 27.7 Å². The van der Waals surface area contributed by atoms with E-state index in [9.17, 15) is 19.5 Å². The van der Waals surface area contributed by atoms with Crippen molar-refractivity contribution < 1.29 is 34.1 Å². The average Bonchev–Trinajstić information content (AvgIpc) is 3.18. The lowest BCUT2D eigenvalue weighted by atomic mass is 10.1. The Morgan fingerprint density at radius 2 is 1.77 bits per heavy atom. The van der Waals surface area contributed by atoms with Crippen LogP contribution in [0.3, 0.4) is 0 Å². The molecule has 1 aliphatic rings. The van der Waals surface area contributed by atoms with E-state index < -0.39 is 18.5 Å². The molecule has 0 bridgehead atoms. The number of rotatable bonds is 10. The standard InChI is InChI=1S/C28H23BrN2O7S/c1-2-37-22-13-18(12-21(29)25(22)38-16-24(32)33)14-23-26(34)31(15-17-8-10-19(11-9-17)27(35)36)28(39-23)30-20-6-4-3-5-7-20/h3-14H,2,15-16H2,1H3,(H,32,33)(H,35,36)/b23-14-,30-28?. The van der Waals surface area contributed by atoms with Gasteiger partial charge in [0.25, 0.3) is 5.91 Å². The molecule has 1 amide bonds. The Morgan fingerprint density at radius 3 is 2.41 bits per heavy atom. The maximum atomic E-state index is 13.6. The topological polar surface area (TPSA) is 126 Å². The molecule has 3 aromatic rings. The zero-order valence-electron chi connectivity index (χ0n) is 20.7. The predicted octanol–water partition coefficient (Wildman–Crippen LogP) is 5.81. The second kappa shape index (κ2) is 12.6. The molecule has 0 unspecified atom stereocenters. The largest absolute Gasteiger partial charge is 0.490 e. The highest BCUT2D eigenvalue weighted by Gasteiger charge is 2.33. The second-order valence-corrected chi connectivity index (χ2v) is 10.0. The van der Waals surface area contributed by atoms with E-state index in [0.717, 1.165) is 5.56 Å². The van der Waals surface area contributed by atoms with Crippen molar-refractivity contribution in [1.82, 2.24) is 4.90 Å². The Kier molecular flexibility index (Phi) is 9.05. The van der Waals surface area contributed by atoms with E-state index in [2.05, 4.69) is 20.9 Å². The van der Waals surface area contributed by atoms with Crippen molar-refractivity contribution in [3.63, 3.8) is 0 Å². The third-order valence-electron chi connectivity index (χ3n) is 5.38. The molecule has 0 aliphatic carbocycles. The molecule has 0 atom stereocenters. The van der Waals surface area contributed by atoms with Gasteiger partial charge in [0.2, 0.25) is 0 Å². The van der Waals surface area contributed by atoms with Gasteiger partial charge in [0, 0.05) is 0 Å². The summed E-state index contributed by atoms with van der Waals surface area (Å²) in [6, 6.07) is 19.0. The van der Waals surface area contributed by atoms with Crippen LogP contribution in [0, 0.1) is 0 Å². The van der Waals surface area contributed by atoms with E-state index in [0.29, 0.717) is 38.2 Å². The van der Waals surface area contributed by atoms with E-state index in [4.69, 9.17) is 14.6 Å². The van der Waals surface area contributed by atoms with E-state index in [1.54, 1.807) is 42.2 Å². The number of carbonyl (C=O) groups excluding carboxylic acids is 1. The quantitative estimate of drug-likeness (QED) is 0.275. The Bertz CT molecular complexity index is 1460. The van der Waals surface area contributed by atoms with Gasteiger partial charge in [-0.1, -0.05) is 30.3 Å².